The second kappa shape index (κ2) is 6.67. The lowest BCUT2D eigenvalue weighted by molar-refractivity contribution is -0.139. The van der Waals surface area contributed by atoms with Gasteiger partial charge >= 0.3 is 5.97 Å². The summed E-state index contributed by atoms with van der Waals surface area (Å²) in [4.78, 5) is 13.1. The standard InChI is InChI=1S/C17H23NO4/c19-16(20)11-22-15-5-2-1-4-14(15)10-18-8-3-6-17(12-18)7-9-21-13-17/h1-2,4-5H,3,6-13H2,(H,19,20)/t17-/m0/s1. The van der Waals surface area contributed by atoms with Crippen molar-refractivity contribution in [2.24, 2.45) is 5.41 Å². The van der Waals surface area contributed by atoms with Crippen LogP contribution in [0.4, 0.5) is 0 Å². The molecule has 2 saturated heterocycles. The molecule has 5 nitrogen and oxygen atoms in total. The van der Waals surface area contributed by atoms with E-state index >= 15 is 0 Å². The monoisotopic (exact) mass is 305 g/mol. The first-order chi connectivity index (χ1) is 10.7. The topological polar surface area (TPSA) is 59.0 Å². The van der Waals surface area contributed by atoms with E-state index in [-0.39, 0.29) is 6.61 Å². The Balaban J connectivity index is 1.66. The summed E-state index contributed by atoms with van der Waals surface area (Å²) >= 11 is 0. The van der Waals surface area contributed by atoms with Gasteiger partial charge in [-0.1, -0.05) is 18.2 Å². The van der Waals surface area contributed by atoms with Gasteiger partial charge in [0.25, 0.3) is 0 Å². The van der Waals surface area contributed by atoms with Crippen molar-refractivity contribution >= 4 is 5.97 Å². The van der Waals surface area contributed by atoms with Crippen LogP contribution in [0.3, 0.4) is 0 Å². The second-order valence-electron chi connectivity index (χ2n) is 6.41. The number of benzene rings is 1. The predicted molar refractivity (Wildman–Crippen MR) is 82.0 cm³/mol. The number of nitrogens with zero attached hydrogens (tertiary/aromatic N) is 1. The van der Waals surface area contributed by atoms with Crippen LogP contribution in [-0.4, -0.2) is 48.9 Å². The highest BCUT2D eigenvalue weighted by Crippen LogP contribution is 2.38. The summed E-state index contributed by atoms with van der Waals surface area (Å²) in [5.74, 6) is -0.276. The van der Waals surface area contributed by atoms with Crippen molar-refractivity contribution in [1.82, 2.24) is 4.90 Å². The number of carbonyl (C=O) groups is 1. The molecule has 2 heterocycles. The highest BCUT2D eigenvalue weighted by Gasteiger charge is 2.38. The van der Waals surface area contributed by atoms with Crippen molar-refractivity contribution in [2.75, 3.05) is 32.9 Å². The van der Waals surface area contributed by atoms with Crippen LogP contribution in [0.1, 0.15) is 24.8 Å². The Bertz CT molecular complexity index is 525. The molecule has 2 fully saturated rings. The molecule has 0 radical (unpaired) electrons. The van der Waals surface area contributed by atoms with Crippen LogP contribution in [0.2, 0.25) is 0 Å². The first-order valence-corrected chi connectivity index (χ1v) is 7.90. The predicted octanol–water partition coefficient (Wildman–Crippen LogP) is 2.15. The van der Waals surface area contributed by atoms with Gasteiger partial charge < -0.3 is 14.6 Å². The second-order valence-corrected chi connectivity index (χ2v) is 6.41. The summed E-state index contributed by atoms with van der Waals surface area (Å²) in [5.41, 5.74) is 1.38. The van der Waals surface area contributed by atoms with Gasteiger partial charge in [0.2, 0.25) is 0 Å². The van der Waals surface area contributed by atoms with Gasteiger partial charge in [0.15, 0.2) is 6.61 Å². The summed E-state index contributed by atoms with van der Waals surface area (Å²) in [7, 11) is 0. The van der Waals surface area contributed by atoms with Gasteiger partial charge in [0.05, 0.1) is 6.61 Å². The molecule has 1 spiro atoms. The van der Waals surface area contributed by atoms with Crippen LogP contribution in [0.5, 0.6) is 5.75 Å². The molecule has 0 aromatic heterocycles. The first kappa shape index (κ1) is 15.3. The third-order valence-electron chi connectivity index (χ3n) is 4.64. The third-order valence-corrected chi connectivity index (χ3v) is 4.64. The lowest BCUT2D eigenvalue weighted by Crippen LogP contribution is -2.43. The van der Waals surface area contributed by atoms with Gasteiger partial charge in [0.1, 0.15) is 5.75 Å². The molecule has 1 N–H and O–H groups in total. The summed E-state index contributed by atoms with van der Waals surface area (Å²) in [6.07, 6.45) is 3.60. The largest absolute Gasteiger partial charge is 0.482 e. The maximum atomic E-state index is 10.7. The molecule has 0 bridgehead atoms. The highest BCUT2D eigenvalue weighted by atomic mass is 16.5. The number of piperidine rings is 1. The highest BCUT2D eigenvalue weighted by molar-refractivity contribution is 5.68. The number of ether oxygens (including phenoxy) is 2. The van der Waals surface area contributed by atoms with E-state index < -0.39 is 5.97 Å². The Kier molecular flexibility index (Phi) is 4.64. The molecule has 2 aliphatic heterocycles. The number of likely N-dealkylation sites (tertiary alicyclic amines) is 1. The lowest BCUT2D eigenvalue weighted by Gasteiger charge is -2.39. The van der Waals surface area contributed by atoms with Crippen LogP contribution < -0.4 is 4.74 Å². The Morgan fingerprint density at radius 1 is 1.36 bits per heavy atom. The Labute approximate surface area is 130 Å². The van der Waals surface area contributed by atoms with E-state index in [0.717, 1.165) is 44.8 Å². The minimum Gasteiger partial charge on any atom is -0.482 e. The van der Waals surface area contributed by atoms with Crippen molar-refractivity contribution in [2.45, 2.75) is 25.8 Å². The van der Waals surface area contributed by atoms with Gasteiger partial charge in [-0.25, -0.2) is 4.79 Å². The third kappa shape index (κ3) is 3.59. The van der Waals surface area contributed by atoms with Gasteiger partial charge in [0, 0.05) is 30.7 Å². The summed E-state index contributed by atoms with van der Waals surface area (Å²) in [6, 6.07) is 7.71. The number of carboxylic acids is 1. The zero-order chi connectivity index (χ0) is 15.4. The maximum absolute atomic E-state index is 10.7. The van der Waals surface area contributed by atoms with E-state index in [9.17, 15) is 4.79 Å². The molecule has 5 heteroatoms. The van der Waals surface area contributed by atoms with Gasteiger partial charge in [-0.15, -0.1) is 0 Å². The van der Waals surface area contributed by atoms with Crippen molar-refractivity contribution in [3.05, 3.63) is 29.8 Å². The summed E-state index contributed by atoms with van der Waals surface area (Å²) in [6.45, 7) is 4.40. The molecular weight excluding hydrogens is 282 g/mol. The van der Waals surface area contributed by atoms with E-state index in [1.165, 1.54) is 12.8 Å². The van der Waals surface area contributed by atoms with E-state index in [0.29, 0.717) is 11.2 Å². The summed E-state index contributed by atoms with van der Waals surface area (Å²) < 4.78 is 11.0. The van der Waals surface area contributed by atoms with Gasteiger partial charge in [-0.3, -0.25) is 4.90 Å². The smallest absolute Gasteiger partial charge is 0.341 e. The van der Waals surface area contributed by atoms with E-state index in [1.54, 1.807) is 0 Å². The number of para-hydroxylation sites is 1. The van der Waals surface area contributed by atoms with Crippen molar-refractivity contribution in [3.8, 4) is 5.75 Å². The van der Waals surface area contributed by atoms with Crippen LogP contribution in [0.25, 0.3) is 0 Å². The van der Waals surface area contributed by atoms with Crippen molar-refractivity contribution in [3.63, 3.8) is 0 Å². The van der Waals surface area contributed by atoms with Crippen molar-refractivity contribution < 1.29 is 19.4 Å². The molecule has 2 aliphatic rings. The normalized spacial score (nSPS) is 25.5. The van der Waals surface area contributed by atoms with Crippen LogP contribution in [-0.2, 0) is 16.1 Å². The average Bonchev–Trinajstić information content (AvgIpc) is 2.94. The van der Waals surface area contributed by atoms with E-state index in [1.807, 2.05) is 24.3 Å². The number of hydrogen-bond acceptors (Lipinski definition) is 4. The van der Waals surface area contributed by atoms with Gasteiger partial charge in [-0.2, -0.15) is 0 Å². The molecule has 0 unspecified atom stereocenters. The molecule has 3 rings (SSSR count). The lowest BCUT2D eigenvalue weighted by atomic mass is 9.79. The molecule has 0 amide bonds. The minimum absolute atomic E-state index is 0.297. The fraction of sp³-hybridized carbons (Fsp3) is 0.588. The fourth-order valence-electron chi connectivity index (χ4n) is 3.57. The Morgan fingerprint density at radius 3 is 3.00 bits per heavy atom. The zero-order valence-corrected chi connectivity index (χ0v) is 12.8. The quantitative estimate of drug-likeness (QED) is 0.903. The summed E-state index contributed by atoms with van der Waals surface area (Å²) in [5, 5.41) is 8.78. The number of hydrogen-bond donors (Lipinski definition) is 1. The Morgan fingerprint density at radius 2 is 2.23 bits per heavy atom. The average molecular weight is 305 g/mol. The fourth-order valence-corrected chi connectivity index (χ4v) is 3.57. The number of rotatable bonds is 5. The molecule has 1 atom stereocenters. The number of carboxylic acid groups (broad SMARTS) is 1. The molecule has 22 heavy (non-hydrogen) atoms. The van der Waals surface area contributed by atoms with E-state index in [2.05, 4.69) is 4.90 Å². The minimum atomic E-state index is -0.949. The van der Waals surface area contributed by atoms with Crippen LogP contribution in [0, 0.1) is 5.41 Å². The molecule has 1 aromatic carbocycles. The van der Waals surface area contributed by atoms with Crippen molar-refractivity contribution in [1.29, 1.82) is 0 Å². The zero-order valence-electron chi connectivity index (χ0n) is 12.8. The number of aliphatic carboxylic acids is 1. The van der Waals surface area contributed by atoms with Crippen LogP contribution in [0.15, 0.2) is 24.3 Å². The Hall–Kier alpha value is -1.59. The first-order valence-electron chi connectivity index (χ1n) is 7.90. The van der Waals surface area contributed by atoms with E-state index in [4.69, 9.17) is 14.6 Å². The van der Waals surface area contributed by atoms with Crippen LogP contribution >= 0.6 is 0 Å². The SMILES string of the molecule is O=C(O)COc1ccccc1CN1CCC[C@]2(CCOC2)C1. The molecule has 1 aromatic rings. The molecular formula is C17H23NO4. The molecule has 0 aliphatic carbocycles. The molecule has 120 valence electrons. The van der Waals surface area contributed by atoms with Gasteiger partial charge in [-0.05, 0) is 31.9 Å². The molecule has 0 saturated carbocycles. The maximum Gasteiger partial charge on any atom is 0.341 e.